The van der Waals surface area contributed by atoms with E-state index in [1.807, 2.05) is 29.2 Å². The molecule has 1 aliphatic rings. The molecule has 0 aliphatic carbocycles. The standard InChI is InChI=1S/C22H24N2O6/c1-3-16-5-7-17(8-6-16)29-19-9-10-20(24(26)27)21(15-19)23-13-11-18(12-14-23)30-22(25)28-4-2/h3,5-10,15,18H,1,4,11-14H2,2H3. The number of nitro groups is 1. The van der Waals surface area contributed by atoms with Gasteiger partial charge in [0.1, 0.15) is 23.3 Å². The van der Waals surface area contributed by atoms with Crippen molar-refractivity contribution in [2.45, 2.75) is 25.9 Å². The molecule has 8 nitrogen and oxygen atoms in total. The first-order valence-electron chi connectivity index (χ1n) is 9.77. The van der Waals surface area contributed by atoms with Gasteiger partial charge in [-0.1, -0.05) is 24.8 Å². The van der Waals surface area contributed by atoms with Crippen LogP contribution in [0.5, 0.6) is 11.5 Å². The number of benzene rings is 2. The molecule has 1 heterocycles. The number of carbonyl (C=O) groups excluding carboxylic acids is 1. The molecule has 8 heteroatoms. The number of anilines is 1. The van der Waals surface area contributed by atoms with Crippen LogP contribution >= 0.6 is 0 Å². The second-order valence-corrected chi connectivity index (χ2v) is 6.77. The Labute approximate surface area is 174 Å². The van der Waals surface area contributed by atoms with Gasteiger partial charge in [0.05, 0.1) is 11.5 Å². The van der Waals surface area contributed by atoms with Gasteiger partial charge in [-0.05, 0) is 30.7 Å². The maximum Gasteiger partial charge on any atom is 0.508 e. The first-order chi connectivity index (χ1) is 14.5. The molecule has 0 bridgehead atoms. The van der Waals surface area contributed by atoms with E-state index in [-0.39, 0.29) is 18.4 Å². The zero-order chi connectivity index (χ0) is 21.5. The van der Waals surface area contributed by atoms with Crippen molar-refractivity contribution in [1.29, 1.82) is 0 Å². The molecule has 1 fully saturated rings. The van der Waals surface area contributed by atoms with E-state index in [4.69, 9.17) is 14.2 Å². The van der Waals surface area contributed by atoms with E-state index in [0.29, 0.717) is 43.1 Å². The van der Waals surface area contributed by atoms with Gasteiger partial charge in [-0.3, -0.25) is 10.1 Å². The van der Waals surface area contributed by atoms with Crippen molar-refractivity contribution in [1.82, 2.24) is 0 Å². The zero-order valence-corrected chi connectivity index (χ0v) is 16.8. The van der Waals surface area contributed by atoms with Crippen LogP contribution in [0.1, 0.15) is 25.3 Å². The highest BCUT2D eigenvalue weighted by Gasteiger charge is 2.27. The van der Waals surface area contributed by atoms with E-state index in [0.717, 1.165) is 5.56 Å². The fourth-order valence-corrected chi connectivity index (χ4v) is 3.28. The van der Waals surface area contributed by atoms with Gasteiger partial charge < -0.3 is 19.1 Å². The van der Waals surface area contributed by atoms with Crippen molar-refractivity contribution in [3.05, 3.63) is 64.7 Å². The van der Waals surface area contributed by atoms with Crippen molar-refractivity contribution >= 4 is 23.6 Å². The van der Waals surface area contributed by atoms with E-state index in [1.54, 1.807) is 25.1 Å². The molecule has 0 saturated carbocycles. The van der Waals surface area contributed by atoms with Crippen molar-refractivity contribution in [2.75, 3.05) is 24.6 Å². The summed E-state index contributed by atoms with van der Waals surface area (Å²) in [5.74, 6) is 1.13. The molecule has 0 N–H and O–H groups in total. The smallest absolute Gasteiger partial charge is 0.457 e. The van der Waals surface area contributed by atoms with Gasteiger partial charge in [-0.2, -0.15) is 0 Å². The summed E-state index contributed by atoms with van der Waals surface area (Å²) in [6, 6.07) is 12.1. The van der Waals surface area contributed by atoms with Crippen LogP contribution in [-0.4, -0.2) is 36.9 Å². The number of hydrogen-bond donors (Lipinski definition) is 0. The number of rotatable bonds is 7. The van der Waals surface area contributed by atoms with Gasteiger partial charge in [0.25, 0.3) is 5.69 Å². The minimum absolute atomic E-state index is 0.00844. The Hall–Kier alpha value is -3.55. The van der Waals surface area contributed by atoms with E-state index >= 15 is 0 Å². The molecule has 0 amide bonds. The van der Waals surface area contributed by atoms with E-state index < -0.39 is 11.1 Å². The predicted molar refractivity (Wildman–Crippen MR) is 113 cm³/mol. The number of hydrogen-bond acceptors (Lipinski definition) is 7. The first kappa shape index (κ1) is 21.2. The lowest BCUT2D eigenvalue weighted by Gasteiger charge is -2.32. The maximum atomic E-state index is 11.5. The van der Waals surface area contributed by atoms with Gasteiger partial charge in [0.2, 0.25) is 0 Å². The SMILES string of the molecule is C=Cc1ccc(Oc2ccc([N+](=O)[O-])c(N3CCC(OC(=O)OCC)CC3)c2)cc1. The molecule has 0 unspecified atom stereocenters. The Kier molecular flexibility index (Phi) is 6.90. The van der Waals surface area contributed by atoms with Gasteiger partial charge in [0, 0.05) is 38.1 Å². The second-order valence-electron chi connectivity index (χ2n) is 6.77. The Bertz CT molecular complexity index is 904. The fourth-order valence-electron chi connectivity index (χ4n) is 3.28. The monoisotopic (exact) mass is 412 g/mol. The third kappa shape index (κ3) is 5.28. The largest absolute Gasteiger partial charge is 0.508 e. The average molecular weight is 412 g/mol. The molecule has 1 aliphatic heterocycles. The fraction of sp³-hybridized carbons (Fsp3) is 0.318. The second kappa shape index (κ2) is 9.78. The minimum Gasteiger partial charge on any atom is -0.457 e. The zero-order valence-electron chi connectivity index (χ0n) is 16.8. The quantitative estimate of drug-likeness (QED) is 0.352. The van der Waals surface area contributed by atoms with Crippen LogP contribution in [0.2, 0.25) is 0 Å². The van der Waals surface area contributed by atoms with Gasteiger partial charge in [-0.25, -0.2) is 4.79 Å². The molecule has 0 radical (unpaired) electrons. The van der Waals surface area contributed by atoms with E-state index in [2.05, 4.69) is 6.58 Å². The summed E-state index contributed by atoms with van der Waals surface area (Å²) < 4.78 is 15.9. The van der Waals surface area contributed by atoms with Crippen molar-refractivity contribution < 1.29 is 23.9 Å². The summed E-state index contributed by atoms with van der Waals surface area (Å²) in [5, 5.41) is 11.5. The molecule has 3 rings (SSSR count). The summed E-state index contributed by atoms with van der Waals surface area (Å²) in [7, 11) is 0. The first-order valence-corrected chi connectivity index (χ1v) is 9.77. The van der Waals surface area contributed by atoms with Gasteiger partial charge in [-0.15, -0.1) is 0 Å². The van der Waals surface area contributed by atoms with Crippen molar-refractivity contribution in [2.24, 2.45) is 0 Å². The predicted octanol–water partition coefficient (Wildman–Crippen LogP) is 5.17. The molecule has 30 heavy (non-hydrogen) atoms. The van der Waals surface area contributed by atoms with Crippen molar-refractivity contribution in [3.8, 4) is 11.5 Å². The Balaban J connectivity index is 1.73. The van der Waals surface area contributed by atoms with Crippen LogP contribution in [0.25, 0.3) is 6.08 Å². The molecule has 158 valence electrons. The number of carbonyl (C=O) groups is 1. The number of piperidine rings is 1. The summed E-state index contributed by atoms with van der Waals surface area (Å²) in [5.41, 5.74) is 1.46. The summed E-state index contributed by atoms with van der Waals surface area (Å²) in [4.78, 5) is 24.5. The summed E-state index contributed by atoms with van der Waals surface area (Å²) in [6.45, 7) is 6.72. The maximum absolute atomic E-state index is 11.5. The summed E-state index contributed by atoms with van der Waals surface area (Å²) >= 11 is 0. The lowest BCUT2D eigenvalue weighted by Crippen LogP contribution is -2.38. The highest BCUT2D eigenvalue weighted by molar-refractivity contribution is 5.66. The third-order valence-corrected chi connectivity index (χ3v) is 4.80. The number of nitro benzene ring substituents is 1. The van der Waals surface area contributed by atoms with Crippen LogP contribution in [0.3, 0.4) is 0 Å². The van der Waals surface area contributed by atoms with Crippen LogP contribution < -0.4 is 9.64 Å². The minimum atomic E-state index is -0.681. The van der Waals surface area contributed by atoms with Crippen LogP contribution in [0, 0.1) is 10.1 Å². The molecule has 0 atom stereocenters. The molecule has 2 aromatic rings. The molecular weight excluding hydrogens is 388 g/mol. The third-order valence-electron chi connectivity index (χ3n) is 4.80. The number of ether oxygens (including phenoxy) is 3. The van der Waals surface area contributed by atoms with Crippen LogP contribution in [-0.2, 0) is 9.47 Å². The Morgan fingerprint density at radius 1 is 1.20 bits per heavy atom. The molecule has 0 spiro atoms. The molecular formula is C22H24N2O6. The lowest BCUT2D eigenvalue weighted by molar-refractivity contribution is -0.384. The van der Waals surface area contributed by atoms with E-state index in [9.17, 15) is 14.9 Å². The molecule has 1 saturated heterocycles. The Morgan fingerprint density at radius 3 is 2.47 bits per heavy atom. The van der Waals surface area contributed by atoms with Crippen LogP contribution in [0.4, 0.5) is 16.2 Å². The highest BCUT2D eigenvalue weighted by atomic mass is 16.7. The molecule has 2 aromatic carbocycles. The lowest BCUT2D eigenvalue weighted by atomic mass is 10.1. The normalized spacial score (nSPS) is 14.1. The van der Waals surface area contributed by atoms with Gasteiger partial charge >= 0.3 is 6.16 Å². The van der Waals surface area contributed by atoms with Crippen LogP contribution in [0.15, 0.2) is 49.0 Å². The molecule has 0 aromatic heterocycles. The highest BCUT2D eigenvalue weighted by Crippen LogP contribution is 2.35. The number of nitrogens with zero attached hydrogens (tertiary/aromatic N) is 2. The summed E-state index contributed by atoms with van der Waals surface area (Å²) in [6.07, 6.45) is 1.92. The topological polar surface area (TPSA) is 91.1 Å². The Morgan fingerprint density at radius 2 is 1.87 bits per heavy atom. The average Bonchev–Trinajstić information content (AvgIpc) is 2.75. The van der Waals surface area contributed by atoms with Gasteiger partial charge in [0.15, 0.2) is 0 Å². The van der Waals surface area contributed by atoms with E-state index in [1.165, 1.54) is 6.07 Å². The van der Waals surface area contributed by atoms with Crippen molar-refractivity contribution in [3.63, 3.8) is 0 Å².